The van der Waals surface area contributed by atoms with Crippen molar-refractivity contribution < 1.29 is 14.7 Å². The molecule has 2 N–H and O–H groups in total. The molecule has 216 valence electrons. The smallest absolute Gasteiger partial charge is 0.255 e. The normalized spacial score (nSPS) is 13.3. The molecule has 1 aromatic carbocycles. The van der Waals surface area contributed by atoms with Crippen molar-refractivity contribution in [1.29, 1.82) is 0 Å². The summed E-state index contributed by atoms with van der Waals surface area (Å²) in [5.41, 5.74) is 0.248. The molecular formula is C36H49NO3. The molecule has 1 atom stereocenters. The van der Waals surface area contributed by atoms with Crippen LogP contribution in [0.5, 0.6) is 5.75 Å². The first kappa shape index (κ1) is 34.4. The largest absolute Gasteiger partial charge is 0.507 e. The van der Waals surface area contributed by atoms with Gasteiger partial charge in [0.25, 0.3) is 5.91 Å². The van der Waals surface area contributed by atoms with Crippen molar-refractivity contribution in [3.05, 3.63) is 115 Å². The lowest BCUT2D eigenvalue weighted by Gasteiger charge is -2.14. The summed E-state index contributed by atoms with van der Waals surface area (Å²) < 4.78 is 0. The number of Topliss-reactive ketones (excluding diaryl/α,β-unsaturated/α-hetero) is 1. The van der Waals surface area contributed by atoms with Crippen molar-refractivity contribution >= 4 is 11.7 Å². The summed E-state index contributed by atoms with van der Waals surface area (Å²) in [6.45, 7) is 4.02. The number of amides is 1. The number of phenolic OH excluding ortho intramolecular Hbond substituents is 1. The minimum atomic E-state index is -0.324. The second kappa shape index (κ2) is 24.4. The third-order valence-electron chi connectivity index (χ3n) is 6.01. The first-order valence-electron chi connectivity index (χ1n) is 14.7. The molecule has 0 aliphatic heterocycles. The Morgan fingerprint density at radius 2 is 1.15 bits per heavy atom. The van der Waals surface area contributed by atoms with Crippen LogP contribution in [0, 0.1) is 0 Å². The Bertz CT molecular complexity index is 1040. The van der Waals surface area contributed by atoms with Gasteiger partial charge in [-0.3, -0.25) is 9.59 Å². The van der Waals surface area contributed by atoms with E-state index in [1.165, 1.54) is 6.07 Å². The predicted molar refractivity (Wildman–Crippen MR) is 170 cm³/mol. The van der Waals surface area contributed by atoms with E-state index >= 15 is 0 Å². The molecule has 0 bridgehead atoms. The molecule has 0 heterocycles. The van der Waals surface area contributed by atoms with Gasteiger partial charge in [-0.05, 0) is 76.8 Å². The molecule has 0 fully saturated rings. The second-order valence-corrected chi connectivity index (χ2v) is 9.63. The van der Waals surface area contributed by atoms with Crippen LogP contribution in [0.25, 0.3) is 0 Å². The molecule has 0 spiro atoms. The Morgan fingerprint density at radius 3 is 1.62 bits per heavy atom. The number of aromatic hydroxyl groups is 1. The van der Waals surface area contributed by atoms with Gasteiger partial charge in [-0.25, -0.2) is 0 Å². The number of hydrogen-bond donors (Lipinski definition) is 2. The summed E-state index contributed by atoms with van der Waals surface area (Å²) >= 11 is 0. The Labute approximate surface area is 242 Å². The predicted octanol–water partition coefficient (Wildman–Crippen LogP) is 9.28. The average molecular weight is 544 g/mol. The van der Waals surface area contributed by atoms with E-state index in [1.807, 2.05) is 6.92 Å². The van der Waals surface area contributed by atoms with Crippen LogP contribution >= 0.6 is 0 Å². The highest BCUT2D eigenvalue weighted by Crippen LogP contribution is 2.15. The van der Waals surface area contributed by atoms with Crippen LogP contribution in [0.3, 0.4) is 0 Å². The van der Waals surface area contributed by atoms with Crippen LogP contribution in [-0.4, -0.2) is 22.8 Å². The topological polar surface area (TPSA) is 66.4 Å². The first-order valence-corrected chi connectivity index (χ1v) is 14.7. The van der Waals surface area contributed by atoms with Gasteiger partial charge in [-0.1, -0.05) is 104 Å². The number of rotatable bonds is 21. The molecule has 1 rings (SSSR count). The van der Waals surface area contributed by atoms with E-state index in [0.717, 1.165) is 51.4 Å². The van der Waals surface area contributed by atoms with Crippen molar-refractivity contribution in [2.24, 2.45) is 0 Å². The van der Waals surface area contributed by atoms with Gasteiger partial charge in [0.15, 0.2) is 0 Å². The van der Waals surface area contributed by atoms with E-state index in [9.17, 15) is 14.7 Å². The number of para-hydroxylation sites is 1. The molecule has 4 heteroatoms. The molecule has 0 aliphatic carbocycles. The molecular weight excluding hydrogens is 494 g/mol. The van der Waals surface area contributed by atoms with Gasteiger partial charge in [-0.15, -0.1) is 0 Å². The van der Waals surface area contributed by atoms with Gasteiger partial charge in [0, 0.05) is 18.9 Å². The number of hydrogen-bond acceptors (Lipinski definition) is 3. The fourth-order valence-electron chi connectivity index (χ4n) is 3.70. The first-order chi connectivity index (χ1) is 19.5. The number of ketones is 1. The van der Waals surface area contributed by atoms with E-state index in [4.69, 9.17) is 0 Å². The van der Waals surface area contributed by atoms with Crippen LogP contribution in [-0.2, 0) is 4.79 Å². The van der Waals surface area contributed by atoms with Crippen molar-refractivity contribution in [2.75, 3.05) is 0 Å². The summed E-state index contributed by atoms with van der Waals surface area (Å²) in [7, 11) is 0. The van der Waals surface area contributed by atoms with Crippen LogP contribution in [0.1, 0.15) is 94.8 Å². The molecule has 1 unspecified atom stereocenters. The zero-order valence-electron chi connectivity index (χ0n) is 24.5. The maximum absolute atomic E-state index is 12.2. The molecule has 0 saturated heterocycles. The van der Waals surface area contributed by atoms with Crippen LogP contribution < -0.4 is 5.32 Å². The molecule has 40 heavy (non-hydrogen) atoms. The van der Waals surface area contributed by atoms with Crippen LogP contribution in [0.4, 0.5) is 0 Å². The van der Waals surface area contributed by atoms with E-state index in [-0.39, 0.29) is 29.0 Å². The molecule has 0 aromatic heterocycles. The third-order valence-corrected chi connectivity index (χ3v) is 6.01. The van der Waals surface area contributed by atoms with Crippen LogP contribution in [0.15, 0.2) is 109 Å². The zero-order valence-corrected chi connectivity index (χ0v) is 24.5. The number of allylic oxidation sites excluding steroid dienone is 14. The summed E-state index contributed by atoms with van der Waals surface area (Å²) in [6.07, 6.45) is 39.6. The summed E-state index contributed by atoms with van der Waals surface area (Å²) in [5.74, 6) is -0.170. The maximum atomic E-state index is 12.2. The van der Waals surface area contributed by atoms with Crippen LogP contribution in [0.2, 0.25) is 0 Å². The lowest BCUT2D eigenvalue weighted by atomic mass is 10.1. The fraction of sp³-hybridized carbons (Fsp3) is 0.389. The number of benzene rings is 1. The third kappa shape index (κ3) is 19.4. The maximum Gasteiger partial charge on any atom is 0.255 e. The van der Waals surface area contributed by atoms with E-state index in [1.54, 1.807) is 18.2 Å². The Hall–Kier alpha value is -3.66. The van der Waals surface area contributed by atoms with Gasteiger partial charge in [0.2, 0.25) is 0 Å². The van der Waals surface area contributed by atoms with Gasteiger partial charge >= 0.3 is 0 Å². The Morgan fingerprint density at radius 1 is 0.700 bits per heavy atom. The van der Waals surface area contributed by atoms with Crippen molar-refractivity contribution in [3.63, 3.8) is 0 Å². The van der Waals surface area contributed by atoms with Gasteiger partial charge in [0.05, 0.1) is 5.56 Å². The quantitative estimate of drug-likeness (QED) is 0.152. The molecule has 4 nitrogen and oxygen atoms in total. The monoisotopic (exact) mass is 543 g/mol. The summed E-state index contributed by atoms with van der Waals surface area (Å²) in [4.78, 5) is 24.4. The number of carbonyl (C=O) groups excluding carboxylic acids is 2. The highest BCUT2D eigenvalue weighted by Gasteiger charge is 2.13. The highest BCUT2D eigenvalue weighted by atomic mass is 16.3. The summed E-state index contributed by atoms with van der Waals surface area (Å²) in [5, 5.41) is 12.6. The number of carbonyl (C=O) groups is 2. The van der Waals surface area contributed by atoms with Gasteiger partial charge in [0.1, 0.15) is 11.5 Å². The van der Waals surface area contributed by atoms with E-state index in [0.29, 0.717) is 19.3 Å². The minimum Gasteiger partial charge on any atom is -0.507 e. The molecule has 1 amide bonds. The van der Waals surface area contributed by atoms with Crippen molar-refractivity contribution in [3.8, 4) is 5.75 Å². The summed E-state index contributed by atoms with van der Waals surface area (Å²) in [6, 6.07) is 6.30. The standard InChI is InChI=1S/C36H49NO3/c1-3-4-5-6-7-8-9-10-11-12-13-14-15-16-17-18-19-20-21-22-23-24-27-33(38)31-30-32(2)37-36(40)34-28-25-26-29-35(34)39/h4-5,7-8,10-11,13-14,16-17,19-20,22-23,25-26,28-29,32,39H,3,6,9,12,15,18,21,24,27,30-31H2,1-2H3,(H,37,40)/b5-4-,8-7-,11-10-,14-13-,17-16-,20-19-,23-22-. The van der Waals surface area contributed by atoms with Gasteiger partial charge < -0.3 is 10.4 Å². The SMILES string of the molecule is CC/C=C\C/C=C\C/C=C\C/C=C\C/C=C\C/C=C\C/C=C\CCC(=O)CCC(C)NC(=O)c1ccccc1O. The average Bonchev–Trinajstić information content (AvgIpc) is 2.94. The highest BCUT2D eigenvalue weighted by molar-refractivity contribution is 5.96. The minimum absolute atomic E-state index is 0.0425. The number of nitrogens with one attached hydrogen (secondary N) is 1. The molecule has 0 aliphatic rings. The Kier molecular flexibility index (Phi) is 21.0. The molecule has 0 radical (unpaired) electrons. The van der Waals surface area contributed by atoms with E-state index in [2.05, 4.69) is 97.3 Å². The van der Waals surface area contributed by atoms with Crippen molar-refractivity contribution in [2.45, 2.75) is 90.5 Å². The lowest BCUT2D eigenvalue weighted by molar-refractivity contribution is -0.119. The molecule has 1 aromatic rings. The lowest BCUT2D eigenvalue weighted by Crippen LogP contribution is -2.32. The Balaban J connectivity index is 2.03. The fourth-order valence-corrected chi connectivity index (χ4v) is 3.70. The number of phenols is 1. The zero-order chi connectivity index (χ0) is 29.1. The second-order valence-electron chi connectivity index (χ2n) is 9.63. The van der Waals surface area contributed by atoms with E-state index < -0.39 is 0 Å². The molecule has 0 saturated carbocycles. The van der Waals surface area contributed by atoms with Gasteiger partial charge in [-0.2, -0.15) is 0 Å². The van der Waals surface area contributed by atoms with Crippen molar-refractivity contribution in [1.82, 2.24) is 5.32 Å².